The largest absolute Gasteiger partial charge is 0.487 e. The van der Waals surface area contributed by atoms with E-state index in [4.69, 9.17) is 10.5 Å². The Bertz CT molecular complexity index is 572. The zero-order valence-corrected chi connectivity index (χ0v) is 11.1. The molecule has 0 aliphatic heterocycles. The van der Waals surface area contributed by atoms with E-state index in [1.807, 2.05) is 12.1 Å². The molecule has 1 amide bonds. The number of carbonyl (C=O) groups excluding carboxylic acids is 1. The molecule has 0 radical (unpaired) electrons. The fourth-order valence-corrected chi connectivity index (χ4v) is 1.80. The second kappa shape index (κ2) is 5.64. The van der Waals surface area contributed by atoms with Crippen LogP contribution in [0.5, 0.6) is 5.75 Å². The van der Waals surface area contributed by atoms with Gasteiger partial charge in [0, 0.05) is 16.2 Å². The number of carbonyl (C=O) groups is 1. The van der Waals surface area contributed by atoms with Gasteiger partial charge in [0.15, 0.2) is 0 Å². The topological polar surface area (TPSA) is 65.2 Å². The Hall–Kier alpha value is -1.88. The average molecular weight is 307 g/mol. The summed E-state index contributed by atoms with van der Waals surface area (Å²) in [6.07, 6.45) is 3.31. The average Bonchev–Trinajstić information content (AvgIpc) is 2.37. The molecule has 0 aliphatic carbocycles. The number of rotatable bonds is 4. The molecule has 0 atom stereocenters. The van der Waals surface area contributed by atoms with E-state index in [0.717, 1.165) is 10.0 Å². The summed E-state index contributed by atoms with van der Waals surface area (Å²) in [4.78, 5) is 15.0. The van der Waals surface area contributed by atoms with Crippen LogP contribution >= 0.6 is 15.9 Å². The van der Waals surface area contributed by atoms with E-state index < -0.39 is 5.91 Å². The minimum Gasteiger partial charge on any atom is -0.487 e. The van der Waals surface area contributed by atoms with Gasteiger partial charge in [-0.05, 0) is 39.7 Å². The van der Waals surface area contributed by atoms with E-state index in [9.17, 15) is 4.79 Å². The second-order valence-electron chi connectivity index (χ2n) is 3.69. The fourth-order valence-electron chi connectivity index (χ4n) is 1.45. The number of primary amides is 1. The van der Waals surface area contributed by atoms with Crippen LogP contribution in [0.4, 0.5) is 0 Å². The van der Waals surface area contributed by atoms with Crippen LogP contribution in [0.1, 0.15) is 15.9 Å². The van der Waals surface area contributed by atoms with Crippen LogP contribution in [0.2, 0.25) is 0 Å². The lowest BCUT2D eigenvalue weighted by Gasteiger charge is -2.06. The molecule has 18 heavy (non-hydrogen) atoms. The molecule has 0 fully saturated rings. The number of amides is 1. The van der Waals surface area contributed by atoms with Crippen LogP contribution in [0.25, 0.3) is 0 Å². The van der Waals surface area contributed by atoms with Crippen LogP contribution < -0.4 is 10.5 Å². The number of ether oxygens (including phenoxy) is 1. The molecular formula is C13H11BrN2O2. The van der Waals surface area contributed by atoms with Crippen LogP contribution in [0.15, 0.2) is 47.2 Å². The molecule has 5 heteroatoms. The SMILES string of the molecule is NC(=O)c1cccc(COc2cncc(Br)c2)c1. The smallest absolute Gasteiger partial charge is 0.248 e. The molecule has 2 aromatic rings. The van der Waals surface area contributed by atoms with E-state index in [0.29, 0.717) is 17.9 Å². The number of hydrogen-bond acceptors (Lipinski definition) is 3. The van der Waals surface area contributed by atoms with Gasteiger partial charge in [0.05, 0.1) is 6.20 Å². The van der Waals surface area contributed by atoms with Crippen molar-refractivity contribution in [3.8, 4) is 5.75 Å². The molecule has 2 rings (SSSR count). The maximum absolute atomic E-state index is 11.0. The third-order valence-electron chi connectivity index (χ3n) is 2.30. The zero-order chi connectivity index (χ0) is 13.0. The van der Waals surface area contributed by atoms with Gasteiger partial charge in [0.25, 0.3) is 0 Å². The van der Waals surface area contributed by atoms with E-state index >= 15 is 0 Å². The van der Waals surface area contributed by atoms with Crippen molar-refractivity contribution in [3.63, 3.8) is 0 Å². The van der Waals surface area contributed by atoms with Gasteiger partial charge >= 0.3 is 0 Å². The Labute approximate surface area is 113 Å². The molecule has 1 aromatic carbocycles. The van der Waals surface area contributed by atoms with Crippen molar-refractivity contribution in [2.75, 3.05) is 0 Å². The third kappa shape index (κ3) is 3.30. The van der Waals surface area contributed by atoms with Crippen LogP contribution in [0.3, 0.4) is 0 Å². The fraction of sp³-hybridized carbons (Fsp3) is 0.0769. The predicted molar refractivity (Wildman–Crippen MR) is 71.2 cm³/mol. The quantitative estimate of drug-likeness (QED) is 0.944. The molecule has 0 spiro atoms. The van der Waals surface area contributed by atoms with Crippen molar-refractivity contribution in [2.45, 2.75) is 6.61 Å². The molecule has 0 saturated heterocycles. The van der Waals surface area contributed by atoms with Crippen molar-refractivity contribution in [3.05, 3.63) is 58.3 Å². The first-order valence-electron chi connectivity index (χ1n) is 5.27. The highest BCUT2D eigenvalue weighted by Crippen LogP contribution is 2.17. The van der Waals surface area contributed by atoms with Gasteiger partial charge in [-0.15, -0.1) is 0 Å². The van der Waals surface area contributed by atoms with Crippen molar-refractivity contribution in [1.82, 2.24) is 4.98 Å². The van der Waals surface area contributed by atoms with Crippen LogP contribution in [-0.2, 0) is 6.61 Å². The minimum atomic E-state index is -0.444. The first-order valence-corrected chi connectivity index (χ1v) is 6.06. The summed E-state index contributed by atoms with van der Waals surface area (Å²) in [5.74, 6) is 0.217. The molecule has 4 nitrogen and oxygen atoms in total. The summed E-state index contributed by atoms with van der Waals surface area (Å²) in [6, 6.07) is 8.86. The Kier molecular flexibility index (Phi) is 3.94. The molecule has 92 valence electrons. The molecular weight excluding hydrogens is 296 g/mol. The van der Waals surface area contributed by atoms with E-state index in [-0.39, 0.29) is 0 Å². The van der Waals surface area contributed by atoms with Crippen molar-refractivity contribution in [1.29, 1.82) is 0 Å². The Morgan fingerprint density at radius 2 is 2.17 bits per heavy atom. The van der Waals surface area contributed by atoms with Crippen LogP contribution in [-0.4, -0.2) is 10.9 Å². The van der Waals surface area contributed by atoms with E-state index in [2.05, 4.69) is 20.9 Å². The number of aromatic nitrogens is 1. The summed E-state index contributed by atoms with van der Waals surface area (Å²) in [5, 5.41) is 0. The number of halogens is 1. The summed E-state index contributed by atoms with van der Waals surface area (Å²) in [7, 11) is 0. The number of pyridine rings is 1. The highest BCUT2D eigenvalue weighted by Gasteiger charge is 2.02. The van der Waals surface area contributed by atoms with Gasteiger partial charge < -0.3 is 10.5 Å². The zero-order valence-electron chi connectivity index (χ0n) is 9.47. The van der Waals surface area contributed by atoms with Crippen molar-refractivity contribution >= 4 is 21.8 Å². The lowest BCUT2D eigenvalue weighted by molar-refractivity contribution is 0.1000. The van der Waals surface area contributed by atoms with E-state index in [1.54, 1.807) is 30.6 Å². The van der Waals surface area contributed by atoms with E-state index in [1.165, 1.54) is 0 Å². The van der Waals surface area contributed by atoms with Gasteiger partial charge in [-0.1, -0.05) is 12.1 Å². The first kappa shape index (κ1) is 12.6. The highest BCUT2D eigenvalue weighted by atomic mass is 79.9. The normalized spacial score (nSPS) is 10.1. The monoisotopic (exact) mass is 306 g/mol. The summed E-state index contributed by atoms with van der Waals surface area (Å²) in [6.45, 7) is 0.360. The van der Waals surface area contributed by atoms with Gasteiger partial charge in [0.1, 0.15) is 12.4 Å². The first-order chi connectivity index (χ1) is 8.65. The molecule has 0 saturated carbocycles. The lowest BCUT2D eigenvalue weighted by Crippen LogP contribution is -2.11. The molecule has 1 heterocycles. The van der Waals surface area contributed by atoms with Crippen LogP contribution in [0, 0.1) is 0 Å². The number of nitrogens with two attached hydrogens (primary N) is 1. The van der Waals surface area contributed by atoms with Crippen molar-refractivity contribution < 1.29 is 9.53 Å². The standard InChI is InChI=1S/C13H11BrN2O2/c14-11-5-12(7-16-6-11)18-8-9-2-1-3-10(4-9)13(15)17/h1-7H,8H2,(H2,15,17). The lowest BCUT2D eigenvalue weighted by atomic mass is 10.1. The summed E-state index contributed by atoms with van der Waals surface area (Å²) < 4.78 is 6.42. The Morgan fingerprint density at radius 1 is 1.33 bits per heavy atom. The Morgan fingerprint density at radius 3 is 2.89 bits per heavy atom. The van der Waals surface area contributed by atoms with Gasteiger partial charge in [-0.3, -0.25) is 9.78 Å². The molecule has 0 unspecified atom stereocenters. The number of hydrogen-bond donors (Lipinski definition) is 1. The second-order valence-corrected chi connectivity index (χ2v) is 4.61. The molecule has 0 aliphatic rings. The molecule has 0 bridgehead atoms. The Balaban J connectivity index is 2.06. The number of nitrogens with zero attached hydrogens (tertiary/aromatic N) is 1. The third-order valence-corrected chi connectivity index (χ3v) is 2.73. The van der Waals surface area contributed by atoms with Crippen molar-refractivity contribution in [2.24, 2.45) is 5.73 Å². The maximum Gasteiger partial charge on any atom is 0.248 e. The van der Waals surface area contributed by atoms with Gasteiger partial charge in [0.2, 0.25) is 5.91 Å². The summed E-state index contributed by atoms with van der Waals surface area (Å²) >= 11 is 3.32. The number of benzene rings is 1. The molecule has 1 aromatic heterocycles. The van der Waals surface area contributed by atoms with Gasteiger partial charge in [-0.2, -0.15) is 0 Å². The highest BCUT2D eigenvalue weighted by molar-refractivity contribution is 9.10. The summed E-state index contributed by atoms with van der Waals surface area (Å²) in [5.41, 5.74) is 6.57. The predicted octanol–water partition coefficient (Wildman–Crippen LogP) is 2.52. The molecule has 2 N–H and O–H groups in total. The minimum absolute atomic E-state index is 0.360. The maximum atomic E-state index is 11.0. The van der Waals surface area contributed by atoms with Gasteiger partial charge in [-0.25, -0.2) is 0 Å².